The van der Waals surface area contributed by atoms with Crippen LogP contribution in [0.2, 0.25) is 5.02 Å². The summed E-state index contributed by atoms with van der Waals surface area (Å²) < 4.78 is 26.5. The van der Waals surface area contributed by atoms with E-state index in [4.69, 9.17) is 11.6 Å². The standard InChI is InChI=1S/C16H11ClF2N4/c1-20-8-15-16(22-23-21-15)11-4-10(5-12(17)6-11)9-2-3-13(18)14(19)7-9/h2-8H,1H3,(H,21,22,23). The fourth-order valence-corrected chi connectivity index (χ4v) is 2.47. The predicted molar refractivity (Wildman–Crippen MR) is 85.7 cm³/mol. The lowest BCUT2D eigenvalue weighted by molar-refractivity contribution is 0.509. The highest BCUT2D eigenvalue weighted by Gasteiger charge is 2.12. The monoisotopic (exact) mass is 332 g/mol. The number of nitrogens with one attached hydrogen (secondary N) is 1. The molecule has 23 heavy (non-hydrogen) atoms. The molecule has 0 fully saturated rings. The summed E-state index contributed by atoms with van der Waals surface area (Å²) in [6, 6.07) is 8.87. The van der Waals surface area contributed by atoms with Crippen molar-refractivity contribution in [1.29, 1.82) is 0 Å². The van der Waals surface area contributed by atoms with Crippen LogP contribution in [0.25, 0.3) is 22.4 Å². The molecule has 0 saturated heterocycles. The third-order valence-corrected chi connectivity index (χ3v) is 3.47. The molecule has 116 valence electrons. The number of halogens is 3. The van der Waals surface area contributed by atoms with Gasteiger partial charge < -0.3 is 0 Å². The Bertz CT molecular complexity index is 890. The van der Waals surface area contributed by atoms with E-state index in [1.165, 1.54) is 6.07 Å². The fraction of sp³-hybridized carbons (Fsp3) is 0.0625. The SMILES string of the molecule is CN=Cc1n[nH]nc1-c1cc(Cl)cc(-c2ccc(F)c(F)c2)c1. The third kappa shape index (κ3) is 3.12. The highest BCUT2D eigenvalue weighted by Crippen LogP contribution is 2.30. The van der Waals surface area contributed by atoms with Crippen LogP contribution in [0.5, 0.6) is 0 Å². The Labute approximate surface area is 135 Å². The molecule has 0 saturated carbocycles. The van der Waals surface area contributed by atoms with Gasteiger partial charge in [0.25, 0.3) is 0 Å². The second-order valence-electron chi connectivity index (χ2n) is 4.80. The molecule has 3 rings (SSSR count). The summed E-state index contributed by atoms with van der Waals surface area (Å²) in [4.78, 5) is 3.92. The minimum atomic E-state index is -0.913. The number of aromatic nitrogens is 3. The Morgan fingerprint density at radius 3 is 2.52 bits per heavy atom. The molecular formula is C16H11ClF2N4. The lowest BCUT2D eigenvalue weighted by atomic mass is 10.0. The lowest BCUT2D eigenvalue weighted by Crippen LogP contribution is -1.90. The first kappa shape index (κ1) is 15.3. The molecule has 1 heterocycles. The summed E-state index contributed by atoms with van der Waals surface area (Å²) in [5, 5.41) is 11.1. The Morgan fingerprint density at radius 1 is 1.00 bits per heavy atom. The van der Waals surface area contributed by atoms with Crippen LogP contribution in [0.15, 0.2) is 41.4 Å². The molecule has 0 bridgehead atoms. The van der Waals surface area contributed by atoms with Crippen LogP contribution in [0, 0.1) is 11.6 Å². The second kappa shape index (κ2) is 6.26. The molecule has 0 unspecified atom stereocenters. The molecule has 1 aromatic heterocycles. The number of rotatable bonds is 3. The summed E-state index contributed by atoms with van der Waals surface area (Å²) in [6.07, 6.45) is 1.57. The van der Waals surface area contributed by atoms with Crippen molar-refractivity contribution in [3.8, 4) is 22.4 Å². The van der Waals surface area contributed by atoms with Gasteiger partial charge in [0.15, 0.2) is 11.6 Å². The van der Waals surface area contributed by atoms with Crippen molar-refractivity contribution in [2.75, 3.05) is 7.05 Å². The number of nitrogens with zero attached hydrogens (tertiary/aromatic N) is 3. The quantitative estimate of drug-likeness (QED) is 0.733. The number of H-pyrrole nitrogens is 1. The van der Waals surface area contributed by atoms with E-state index in [0.29, 0.717) is 33.1 Å². The van der Waals surface area contributed by atoms with Crippen LogP contribution < -0.4 is 0 Å². The molecule has 2 aromatic carbocycles. The molecule has 0 amide bonds. The van der Waals surface area contributed by atoms with E-state index < -0.39 is 11.6 Å². The zero-order valence-corrected chi connectivity index (χ0v) is 12.8. The van der Waals surface area contributed by atoms with Gasteiger partial charge in [0.2, 0.25) is 0 Å². The molecule has 0 aliphatic heterocycles. The highest BCUT2D eigenvalue weighted by molar-refractivity contribution is 6.31. The van der Waals surface area contributed by atoms with Crippen LogP contribution in [0.1, 0.15) is 5.69 Å². The van der Waals surface area contributed by atoms with Crippen molar-refractivity contribution in [2.24, 2.45) is 4.99 Å². The van der Waals surface area contributed by atoms with Crippen molar-refractivity contribution in [3.05, 3.63) is 58.7 Å². The zero-order valence-electron chi connectivity index (χ0n) is 12.0. The minimum absolute atomic E-state index is 0.449. The number of hydrogen-bond acceptors (Lipinski definition) is 3. The van der Waals surface area contributed by atoms with Crippen LogP contribution in [-0.4, -0.2) is 28.7 Å². The largest absolute Gasteiger partial charge is 0.294 e. The van der Waals surface area contributed by atoms with Gasteiger partial charge in [0.05, 0.1) is 6.21 Å². The lowest BCUT2D eigenvalue weighted by Gasteiger charge is -2.06. The smallest absolute Gasteiger partial charge is 0.159 e. The topological polar surface area (TPSA) is 53.9 Å². The average molecular weight is 333 g/mol. The van der Waals surface area contributed by atoms with Gasteiger partial charge >= 0.3 is 0 Å². The summed E-state index contributed by atoms with van der Waals surface area (Å²) in [6.45, 7) is 0. The van der Waals surface area contributed by atoms with Gasteiger partial charge in [-0.2, -0.15) is 15.4 Å². The number of benzene rings is 2. The molecule has 0 spiro atoms. The Balaban J connectivity index is 2.12. The van der Waals surface area contributed by atoms with Gasteiger partial charge in [-0.1, -0.05) is 17.7 Å². The average Bonchev–Trinajstić information content (AvgIpc) is 2.98. The molecule has 0 aliphatic rings. The summed E-state index contributed by atoms with van der Waals surface area (Å²) in [7, 11) is 1.63. The Kier molecular flexibility index (Phi) is 4.16. The third-order valence-electron chi connectivity index (χ3n) is 3.25. The fourth-order valence-electron chi connectivity index (χ4n) is 2.23. The molecule has 7 heteroatoms. The van der Waals surface area contributed by atoms with Gasteiger partial charge in [-0.15, -0.1) is 0 Å². The van der Waals surface area contributed by atoms with E-state index >= 15 is 0 Å². The molecule has 4 nitrogen and oxygen atoms in total. The zero-order chi connectivity index (χ0) is 16.4. The molecule has 1 N–H and O–H groups in total. The van der Waals surface area contributed by atoms with Crippen molar-refractivity contribution < 1.29 is 8.78 Å². The van der Waals surface area contributed by atoms with Gasteiger partial charge in [0, 0.05) is 17.6 Å². The first-order valence-electron chi connectivity index (χ1n) is 6.68. The van der Waals surface area contributed by atoms with E-state index in [0.717, 1.165) is 12.1 Å². The Hall–Kier alpha value is -2.60. The van der Waals surface area contributed by atoms with E-state index in [9.17, 15) is 8.78 Å². The normalized spacial score (nSPS) is 11.3. The van der Waals surface area contributed by atoms with Crippen LogP contribution >= 0.6 is 11.6 Å². The van der Waals surface area contributed by atoms with E-state index in [-0.39, 0.29) is 0 Å². The highest BCUT2D eigenvalue weighted by atomic mass is 35.5. The predicted octanol–water partition coefficient (Wildman–Crippen LogP) is 4.12. The molecule has 0 radical (unpaired) electrons. The van der Waals surface area contributed by atoms with Crippen molar-refractivity contribution in [3.63, 3.8) is 0 Å². The second-order valence-corrected chi connectivity index (χ2v) is 5.24. The summed E-state index contributed by atoms with van der Waals surface area (Å²) >= 11 is 6.16. The molecule has 0 aliphatic carbocycles. The van der Waals surface area contributed by atoms with Gasteiger partial charge in [-0.3, -0.25) is 4.99 Å². The number of aliphatic imine (C=N–C) groups is 1. The van der Waals surface area contributed by atoms with E-state index in [1.54, 1.807) is 31.5 Å². The van der Waals surface area contributed by atoms with Gasteiger partial charge in [-0.05, 0) is 41.5 Å². The molecule has 3 aromatic rings. The molecular weight excluding hydrogens is 322 g/mol. The molecule has 0 atom stereocenters. The van der Waals surface area contributed by atoms with Crippen LogP contribution in [-0.2, 0) is 0 Å². The maximum atomic E-state index is 13.5. The van der Waals surface area contributed by atoms with Crippen molar-refractivity contribution in [1.82, 2.24) is 15.4 Å². The summed E-state index contributed by atoms with van der Waals surface area (Å²) in [5.41, 5.74) is 2.99. The first-order chi connectivity index (χ1) is 11.1. The van der Waals surface area contributed by atoms with Gasteiger partial charge in [0.1, 0.15) is 11.4 Å². The number of aromatic amines is 1. The maximum Gasteiger partial charge on any atom is 0.159 e. The number of hydrogen-bond donors (Lipinski definition) is 1. The Morgan fingerprint density at radius 2 is 1.78 bits per heavy atom. The van der Waals surface area contributed by atoms with E-state index in [1.807, 2.05) is 0 Å². The van der Waals surface area contributed by atoms with Crippen LogP contribution in [0.4, 0.5) is 8.78 Å². The maximum absolute atomic E-state index is 13.5. The van der Waals surface area contributed by atoms with Gasteiger partial charge in [-0.25, -0.2) is 8.78 Å². The van der Waals surface area contributed by atoms with Crippen molar-refractivity contribution in [2.45, 2.75) is 0 Å². The minimum Gasteiger partial charge on any atom is -0.294 e. The van der Waals surface area contributed by atoms with Crippen LogP contribution in [0.3, 0.4) is 0 Å². The summed E-state index contributed by atoms with van der Waals surface area (Å²) in [5.74, 6) is -1.81. The first-order valence-corrected chi connectivity index (χ1v) is 7.05. The van der Waals surface area contributed by atoms with E-state index in [2.05, 4.69) is 20.4 Å². The van der Waals surface area contributed by atoms with Crippen molar-refractivity contribution >= 4 is 17.8 Å².